The van der Waals surface area contributed by atoms with Crippen molar-refractivity contribution >= 4 is 5.97 Å². The molecule has 0 amide bonds. The van der Waals surface area contributed by atoms with Crippen LogP contribution in [0.3, 0.4) is 0 Å². The van der Waals surface area contributed by atoms with Crippen molar-refractivity contribution in [2.24, 2.45) is 5.92 Å². The summed E-state index contributed by atoms with van der Waals surface area (Å²) >= 11 is 0. The van der Waals surface area contributed by atoms with Gasteiger partial charge >= 0.3 is 5.97 Å². The minimum atomic E-state index is -0.115. The summed E-state index contributed by atoms with van der Waals surface area (Å²) in [5, 5.41) is 0. The zero-order valence-corrected chi connectivity index (χ0v) is 9.60. The highest BCUT2D eigenvalue weighted by atomic mass is 16.5. The van der Waals surface area contributed by atoms with E-state index in [9.17, 15) is 4.79 Å². The van der Waals surface area contributed by atoms with Crippen LogP contribution in [0.1, 0.15) is 24.3 Å². The average molecular weight is 220 g/mol. The van der Waals surface area contributed by atoms with E-state index in [0.29, 0.717) is 18.3 Å². The molecule has 2 atom stereocenters. The summed E-state index contributed by atoms with van der Waals surface area (Å²) in [6.45, 7) is 0. The van der Waals surface area contributed by atoms with E-state index >= 15 is 0 Å². The third-order valence-electron chi connectivity index (χ3n) is 3.10. The summed E-state index contributed by atoms with van der Waals surface area (Å²) in [6.07, 6.45) is 1.60. The Bertz CT molecular complexity index is 387. The van der Waals surface area contributed by atoms with Gasteiger partial charge < -0.3 is 9.47 Å². The number of benzene rings is 1. The molecule has 1 fully saturated rings. The molecule has 0 heterocycles. The zero-order valence-electron chi connectivity index (χ0n) is 9.60. The average Bonchev–Trinajstić information content (AvgIpc) is 3.08. The fraction of sp³-hybridized carbons (Fsp3) is 0.462. The molecule has 1 aliphatic carbocycles. The van der Waals surface area contributed by atoms with Gasteiger partial charge in [-0.25, -0.2) is 0 Å². The minimum Gasteiger partial charge on any atom is -0.497 e. The molecule has 0 spiro atoms. The van der Waals surface area contributed by atoms with Gasteiger partial charge in [0.2, 0.25) is 0 Å². The quantitative estimate of drug-likeness (QED) is 0.731. The first-order valence-corrected chi connectivity index (χ1v) is 5.45. The van der Waals surface area contributed by atoms with E-state index in [1.807, 2.05) is 18.2 Å². The van der Waals surface area contributed by atoms with Gasteiger partial charge in [-0.1, -0.05) is 12.1 Å². The normalized spacial score (nSPS) is 22.6. The summed E-state index contributed by atoms with van der Waals surface area (Å²) in [4.78, 5) is 11.1. The van der Waals surface area contributed by atoms with E-state index < -0.39 is 0 Å². The predicted molar refractivity (Wildman–Crippen MR) is 60.5 cm³/mol. The van der Waals surface area contributed by atoms with Crippen molar-refractivity contribution in [1.29, 1.82) is 0 Å². The maximum atomic E-state index is 11.1. The van der Waals surface area contributed by atoms with E-state index in [1.54, 1.807) is 7.11 Å². The number of methoxy groups -OCH3 is 2. The van der Waals surface area contributed by atoms with Crippen LogP contribution in [0.4, 0.5) is 0 Å². The summed E-state index contributed by atoms with van der Waals surface area (Å²) in [5.74, 6) is 1.70. The van der Waals surface area contributed by atoms with Gasteiger partial charge in [-0.05, 0) is 36.0 Å². The van der Waals surface area contributed by atoms with Gasteiger partial charge in [-0.3, -0.25) is 4.79 Å². The highest BCUT2D eigenvalue weighted by Gasteiger charge is 2.39. The van der Waals surface area contributed by atoms with E-state index in [2.05, 4.69) is 10.8 Å². The number of carbonyl (C=O) groups excluding carboxylic acids is 1. The molecule has 1 aromatic carbocycles. The molecular weight excluding hydrogens is 204 g/mol. The number of carbonyl (C=O) groups is 1. The van der Waals surface area contributed by atoms with E-state index in [0.717, 1.165) is 12.2 Å². The van der Waals surface area contributed by atoms with Crippen molar-refractivity contribution in [3.05, 3.63) is 29.8 Å². The van der Waals surface area contributed by atoms with Crippen molar-refractivity contribution in [1.82, 2.24) is 0 Å². The number of ether oxygens (including phenoxy) is 2. The SMILES string of the molecule is COC(=O)C[C@H]1C[C@@H]1c1cccc(OC)c1. The highest BCUT2D eigenvalue weighted by molar-refractivity contribution is 5.70. The molecule has 0 aromatic heterocycles. The molecule has 0 unspecified atom stereocenters. The number of hydrogen-bond donors (Lipinski definition) is 0. The smallest absolute Gasteiger partial charge is 0.305 e. The van der Waals surface area contributed by atoms with Crippen LogP contribution in [0.2, 0.25) is 0 Å². The van der Waals surface area contributed by atoms with Crippen molar-refractivity contribution in [2.75, 3.05) is 14.2 Å². The van der Waals surface area contributed by atoms with Crippen LogP contribution in [0.15, 0.2) is 24.3 Å². The second-order valence-corrected chi connectivity index (χ2v) is 4.16. The lowest BCUT2D eigenvalue weighted by Gasteiger charge is -2.03. The third kappa shape index (κ3) is 2.35. The molecule has 16 heavy (non-hydrogen) atoms. The number of esters is 1. The molecule has 3 nitrogen and oxygen atoms in total. The van der Waals surface area contributed by atoms with Crippen LogP contribution in [-0.2, 0) is 9.53 Å². The Morgan fingerprint density at radius 1 is 1.44 bits per heavy atom. The molecule has 0 aliphatic heterocycles. The van der Waals surface area contributed by atoms with Crippen molar-refractivity contribution in [3.63, 3.8) is 0 Å². The standard InChI is InChI=1S/C13H16O3/c1-15-11-5-3-4-9(6-11)12-7-10(12)8-13(14)16-2/h3-6,10,12H,7-8H2,1-2H3/t10-,12-/m1/s1. The fourth-order valence-electron chi connectivity index (χ4n) is 2.05. The molecule has 0 N–H and O–H groups in total. The first-order valence-electron chi connectivity index (χ1n) is 5.45. The van der Waals surface area contributed by atoms with Crippen LogP contribution < -0.4 is 4.74 Å². The lowest BCUT2D eigenvalue weighted by Crippen LogP contribution is -2.01. The topological polar surface area (TPSA) is 35.5 Å². The molecule has 2 rings (SSSR count). The Labute approximate surface area is 95.4 Å². The minimum absolute atomic E-state index is 0.115. The van der Waals surface area contributed by atoms with Crippen LogP contribution in [0.25, 0.3) is 0 Å². The van der Waals surface area contributed by atoms with Crippen LogP contribution in [-0.4, -0.2) is 20.2 Å². The van der Waals surface area contributed by atoms with Gasteiger partial charge in [0, 0.05) is 6.42 Å². The first-order chi connectivity index (χ1) is 7.74. The lowest BCUT2D eigenvalue weighted by atomic mass is 10.1. The Hall–Kier alpha value is -1.51. The van der Waals surface area contributed by atoms with Crippen LogP contribution >= 0.6 is 0 Å². The molecule has 3 heteroatoms. The van der Waals surface area contributed by atoms with Gasteiger partial charge in [-0.2, -0.15) is 0 Å². The van der Waals surface area contributed by atoms with Crippen molar-refractivity contribution < 1.29 is 14.3 Å². The van der Waals surface area contributed by atoms with Crippen LogP contribution in [0.5, 0.6) is 5.75 Å². The monoisotopic (exact) mass is 220 g/mol. The van der Waals surface area contributed by atoms with E-state index in [-0.39, 0.29) is 5.97 Å². The molecule has 1 saturated carbocycles. The maximum absolute atomic E-state index is 11.1. The summed E-state index contributed by atoms with van der Waals surface area (Å²) < 4.78 is 9.85. The zero-order chi connectivity index (χ0) is 11.5. The van der Waals surface area contributed by atoms with Crippen molar-refractivity contribution in [3.8, 4) is 5.75 Å². The molecular formula is C13H16O3. The van der Waals surface area contributed by atoms with Gasteiger partial charge in [0.15, 0.2) is 0 Å². The Balaban J connectivity index is 1.97. The maximum Gasteiger partial charge on any atom is 0.305 e. The Morgan fingerprint density at radius 3 is 2.94 bits per heavy atom. The summed E-state index contributed by atoms with van der Waals surface area (Å²) in [5.41, 5.74) is 1.26. The van der Waals surface area contributed by atoms with Gasteiger partial charge in [0.25, 0.3) is 0 Å². The summed E-state index contributed by atoms with van der Waals surface area (Å²) in [7, 11) is 3.10. The van der Waals surface area contributed by atoms with E-state index in [1.165, 1.54) is 12.7 Å². The van der Waals surface area contributed by atoms with Gasteiger partial charge in [0.05, 0.1) is 14.2 Å². The Kier molecular flexibility index (Phi) is 3.13. The van der Waals surface area contributed by atoms with Crippen LogP contribution in [0, 0.1) is 5.92 Å². The van der Waals surface area contributed by atoms with Crippen molar-refractivity contribution in [2.45, 2.75) is 18.8 Å². The highest BCUT2D eigenvalue weighted by Crippen LogP contribution is 2.50. The molecule has 0 bridgehead atoms. The van der Waals surface area contributed by atoms with Gasteiger partial charge in [-0.15, -0.1) is 0 Å². The second-order valence-electron chi connectivity index (χ2n) is 4.16. The molecule has 86 valence electrons. The molecule has 0 radical (unpaired) electrons. The fourth-order valence-corrected chi connectivity index (χ4v) is 2.05. The first kappa shape index (κ1) is 11.0. The largest absolute Gasteiger partial charge is 0.497 e. The lowest BCUT2D eigenvalue weighted by molar-refractivity contribution is -0.141. The molecule has 1 aromatic rings. The van der Waals surface area contributed by atoms with E-state index in [4.69, 9.17) is 4.74 Å². The van der Waals surface area contributed by atoms with Gasteiger partial charge in [0.1, 0.15) is 5.75 Å². The third-order valence-corrected chi connectivity index (χ3v) is 3.10. The predicted octanol–water partition coefficient (Wildman–Crippen LogP) is 2.36. The number of rotatable bonds is 4. The second kappa shape index (κ2) is 4.56. The molecule has 0 saturated heterocycles. The molecule has 1 aliphatic rings. The summed E-state index contributed by atoms with van der Waals surface area (Å²) in [6, 6.07) is 8.05. The Morgan fingerprint density at radius 2 is 2.25 bits per heavy atom. The number of hydrogen-bond acceptors (Lipinski definition) is 3.